The summed E-state index contributed by atoms with van der Waals surface area (Å²) >= 11 is 0. The van der Waals surface area contributed by atoms with Crippen LogP contribution >= 0.6 is 0 Å². The Balaban J connectivity index is 2.13. The zero-order valence-corrected chi connectivity index (χ0v) is 11.8. The van der Waals surface area contributed by atoms with Gasteiger partial charge in [-0.05, 0) is 17.7 Å². The summed E-state index contributed by atoms with van der Waals surface area (Å²) in [6.07, 6.45) is 4.97. The summed E-state index contributed by atoms with van der Waals surface area (Å²) in [5, 5.41) is 9.31. The van der Waals surface area contributed by atoms with E-state index in [1.54, 1.807) is 24.3 Å². The summed E-state index contributed by atoms with van der Waals surface area (Å²) in [6.45, 7) is 1.43. The normalized spacial score (nSPS) is 22.0. The van der Waals surface area contributed by atoms with E-state index in [0.29, 0.717) is 25.4 Å². The third-order valence-electron chi connectivity index (χ3n) is 3.40. The van der Waals surface area contributed by atoms with E-state index in [1.807, 2.05) is 4.90 Å². The maximum atomic E-state index is 11.4. The minimum atomic E-state index is -0.386. The van der Waals surface area contributed by atoms with Crippen molar-refractivity contribution < 1.29 is 14.3 Å². The number of terminal acetylenes is 1. The fourth-order valence-corrected chi connectivity index (χ4v) is 2.33. The van der Waals surface area contributed by atoms with Crippen molar-refractivity contribution in [2.75, 3.05) is 26.9 Å². The molecule has 0 saturated carbocycles. The van der Waals surface area contributed by atoms with Crippen LogP contribution in [0.4, 0.5) is 0 Å². The molecule has 5 heteroatoms. The number of rotatable bonds is 3. The molecule has 0 amide bonds. The molecule has 0 aliphatic carbocycles. The number of carbonyl (C=O) groups is 1. The van der Waals surface area contributed by atoms with Gasteiger partial charge in [-0.15, -0.1) is 6.42 Å². The first-order valence-corrected chi connectivity index (χ1v) is 6.55. The van der Waals surface area contributed by atoms with Gasteiger partial charge in [-0.2, -0.15) is 5.26 Å². The first-order valence-electron chi connectivity index (χ1n) is 6.55. The molecule has 1 aliphatic heterocycles. The number of methoxy groups -OCH3 is 1. The van der Waals surface area contributed by atoms with Gasteiger partial charge in [0.05, 0.1) is 31.2 Å². The Morgan fingerprint density at radius 1 is 1.52 bits per heavy atom. The quantitative estimate of drug-likeness (QED) is 0.623. The number of hydrogen-bond donors (Lipinski definition) is 0. The highest BCUT2D eigenvalue weighted by molar-refractivity contribution is 5.89. The lowest BCUT2D eigenvalue weighted by Crippen LogP contribution is -2.40. The third-order valence-corrected chi connectivity index (χ3v) is 3.40. The van der Waals surface area contributed by atoms with Crippen LogP contribution in [0, 0.1) is 29.6 Å². The Morgan fingerprint density at radius 2 is 2.24 bits per heavy atom. The predicted molar refractivity (Wildman–Crippen MR) is 76.0 cm³/mol. The Morgan fingerprint density at radius 3 is 2.81 bits per heavy atom. The topological polar surface area (TPSA) is 62.6 Å². The summed E-state index contributed by atoms with van der Waals surface area (Å²) in [5.41, 5.74) is 1.34. The number of ether oxygens (including phenoxy) is 2. The lowest BCUT2D eigenvalue weighted by atomic mass is 9.94. The molecule has 1 fully saturated rings. The summed E-state index contributed by atoms with van der Waals surface area (Å²) in [4.78, 5) is 13.3. The number of nitrogens with zero attached hydrogens (tertiary/aromatic N) is 2. The van der Waals surface area contributed by atoms with Gasteiger partial charge < -0.3 is 9.47 Å². The van der Waals surface area contributed by atoms with Crippen molar-refractivity contribution in [3.8, 4) is 18.4 Å². The van der Waals surface area contributed by atoms with Crippen molar-refractivity contribution in [2.45, 2.75) is 6.10 Å². The molecule has 1 aromatic carbocycles. The Bertz CT molecular complexity index is 583. The Labute approximate surface area is 124 Å². The fraction of sp³-hybridized carbons (Fsp3) is 0.375. The number of benzene rings is 1. The van der Waals surface area contributed by atoms with Crippen LogP contribution in [0.5, 0.6) is 0 Å². The fourth-order valence-electron chi connectivity index (χ4n) is 2.33. The highest BCUT2D eigenvalue weighted by Crippen LogP contribution is 2.30. The van der Waals surface area contributed by atoms with E-state index in [0.717, 1.165) is 5.56 Å². The molecular formula is C16H16N2O3. The molecule has 0 spiro atoms. The summed E-state index contributed by atoms with van der Waals surface area (Å²) in [5.74, 6) is 1.87. The van der Waals surface area contributed by atoms with Crippen LogP contribution in [0.15, 0.2) is 24.3 Å². The van der Waals surface area contributed by atoms with E-state index >= 15 is 0 Å². The van der Waals surface area contributed by atoms with Crippen LogP contribution in [0.2, 0.25) is 0 Å². The van der Waals surface area contributed by atoms with Gasteiger partial charge in [0.2, 0.25) is 0 Å². The summed E-state index contributed by atoms with van der Waals surface area (Å²) in [7, 11) is 1.34. The third kappa shape index (κ3) is 3.41. The minimum Gasteiger partial charge on any atom is -0.465 e. The molecule has 0 unspecified atom stereocenters. The first-order chi connectivity index (χ1) is 10.2. The van der Waals surface area contributed by atoms with Crippen molar-refractivity contribution in [1.82, 2.24) is 4.90 Å². The van der Waals surface area contributed by atoms with Gasteiger partial charge in [-0.25, -0.2) is 4.79 Å². The standard InChI is InChI=1S/C16H16N2O3/c1-3-8-18-10-14(9-17)15(21-11-18)12-4-6-13(7-5-12)16(19)20-2/h1,4-7,14-15H,8,10-11H2,2H3/t14-,15-/m1/s1. The summed E-state index contributed by atoms with van der Waals surface area (Å²) in [6, 6.07) is 9.19. The van der Waals surface area contributed by atoms with Gasteiger partial charge in [0.1, 0.15) is 12.8 Å². The smallest absolute Gasteiger partial charge is 0.337 e. The second kappa shape index (κ2) is 6.90. The van der Waals surface area contributed by atoms with Gasteiger partial charge in [0, 0.05) is 6.54 Å². The zero-order chi connectivity index (χ0) is 15.2. The highest BCUT2D eigenvalue weighted by atomic mass is 16.5. The van der Waals surface area contributed by atoms with Crippen LogP contribution in [0.25, 0.3) is 0 Å². The maximum absolute atomic E-state index is 11.4. The molecule has 1 aromatic rings. The van der Waals surface area contributed by atoms with Gasteiger partial charge in [0.25, 0.3) is 0 Å². The van der Waals surface area contributed by atoms with Gasteiger partial charge in [-0.3, -0.25) is 4.90 Å². The van der Waals surface area contributed by atoms with E-state index in [9.17, 15) is 10.1 Å². The predicted octanol–water partition coefficient (Wildman–Crippen LogP) is 1.58. The maximum Gasteiger partial charge on any atom is 0.337 e. The van der Waals surface area contributed by atoms with Crippen molar-refractivity contribution in [3.63, 3.8) is 0 Å². The molecule has 0 bridgehead atoms. The number of carbonyl (C=O) groups excluding carboxylic acids is 1. The molecule has 0 aromatic heterocycles. The number of nitriles is 1. The lowest BCUT2D eigenvalue weighted by Gasteiger charge is -2.34. The Kier molecular flexibility index (Phi) is 4.94. The lowest BCUT2D eigenvalue weighted by molar-refractivity contribution is -0.0860. The van der Waals surface area contributed by atoms with Gasteiger partial charge >= 0.3 is 5.97 Å². The van der Waals surface area contributed by atoms with E-state index in [2.05, 4.69) is 16.7 Å². The average Bonchev–Trinajstić information content (AvgIpc) is 2.54. The van der Waals surface area contributed by atoms with Crippen molar-refractivity contribution in [2.24, 2.45) is 5.92 Å². The second-order valence-corrected chi connectivity index (χ2v) is 4.78. The van der Waals surface area contributed by atoms with Crippen molar-refractivity contribution >= 4 is 5.97 Å². The number of hydrogen-bond acceptors (Lipinski definition) is 5. The highest BCUT2D eigenvalue weighted by Gasteiger charge is 2.31. The minimum absolute atomic E-state index is 0.295. The zero-order valence-electron chi connectivity index (χ0n) is 11.8. The van der Waals surface area contributed by atoms with Crippen LogP contribution in [-0.2, 0) is 9.47 Å². The molecule has 21 heavy (non-hydrogen) atoms. The Hall–Kier alpha value is -2.34. The molecule has 108 valence electrons. The van der Waals surface area contributed by atoms with E-state index in [-0.39, 0.29) is 18.0 Å². The number of esters is 1. The van der Waals surface area contributed by atoms with Gasteiger partial charge in [0.15, 0.2) is 0 Å². The monoisotopic (exact) mass is 284 g/mol. The summed E-state index contributed by atoms with van der Waals surface area (Å²) < 4.78 is 10.4. The molecule has 1 aliphatic rings. The molecule has 5 nitrogen and oxygen atoms in total. The molecular weight excluding hydrogens is 268 g/mol. The van der Waals surface area contributed by atoms with E-state index in [4.69, 9.17) is 11.2 Å². The SMILES string of the molecule is C#CCN1CO[C@H](c2ccc(C(=O)OC)cc2)[C@H](C#N)C1. The van der Waals surface area contributed by atoms with E-state index < -0.39 is 0 Å². The largest absolute Gasteiger partial charge is 0.465 e. The van der Waals surface area contributed by atoms with Gasteiger partial charge in [-0.1, -0.05) is 18.1 Å². The molecule has 1 heterocycles. The van der Waals surface area contributed by atoms with Crippen LogP contribution in [0.1, 0.15) is 22.0 Å². The van der Waals surface area contributed by atoms with Crippen LogP contribution in [0.3, 0.4) is 0 Å². The molecule has 0 radical (unpaired) electrons. The molecule has 0 N–H and O–H groups in total. The first kappa shape index (κ1) is 15.1. The van der Waals surface area contributed by atoms with Crippen LogP contribution < -0.4 is 0 Å². The molecule has 2 atom stereocenters. The molecule has 2 rings (SSSR count). The van der Waals surface area contributed by atoms with Crippen LogP contribution in [-0.4, -0.2) is 37.8 Å². The second-order valence-electron chi connectivity index (χ2n) is 4.78. The average molecular weight is 284 g/mol. The molecule has 1 saturated heterocycles. The van der Waals surface area contributed by atoms with Crippen molar-refractivity contribution in [3.05, 3.63) is 35.4 Å². The van der Waals surface area contributed by atoms with Crippen molar-refractivity contribution in [1.29, 1.82) is 5.26 Å². The van der Waals surface area contributed by atoms with E-state index in [1.165, 1.54) is 7.11 Å².